The zero-order valence-corrected chi connectivity index (χ0v) is 16.9. The number of hydrogen-bond donors (Lipinski definition) is 2. The van der Waals surface area contributed by atoms with E-state index < -0.39 is 5.60 Å². The largest absolute Gasteiger partial charge is 0.443 e. The number of hydrogen-bond acceptors (Lipinski definition) is 5. The molecule has 0 aliphatic carbocycles. The Morgan fingerprint density at radius 3 is 2.56 bits per heavy atom. The van der Waals surface area contributed by atoms with Crippen molar-refractivity contribution in [1.29, 1.82) is 0 Å². The highest BCUT2D eigenvalue weighted by Crippen LogP contribution is 2.19. The first-order chi connectivity index (χ1) is 12.8. The minimum absolute atomic E-state index is 0.0345. The highest BCUT2D eigenvalue weighted by molar-refractivity contribution is 5.67. The van der Waals surface area contributed by atoms with Gasteiger partial charge in [-0.2, -0.15) is 0 Å². The predicted octanol–water partition coefficient (Wildman–Crippen LogP) is 3.11. The second kappa shape index (κ2) is 10.6. The van der Waals surface area contributed by atoms with Crippen molar-refractivity contribution in [3.8, 4) is 0 Å². The van der Waals surface area contributed by atoms with Crippen LogP contribution in [0.3, 0.4) is 0 Å². The average Bonchev–Trinajstić information content (AvgIpc) is 2.59. The topological polar surface area (TPSA) is 76.8 Å². The van der Waals surface area contributed by atoms with Crippen molar-refractivity contribution < 1.29 is 14.3 Å². The molecule has 0 aromatic heterocycles. The van der Waals surface area contributed by atoms with Crippen LogP contribution in [0.15, 0.2) is 30.3 Å². The van der Waals surface area contributed by atoms with Crippen LogP contribution in [0.2, 0.25) is 0 Å². The fraction of sp³-hybridized carbons (Fsp3) is 0.667. The normalized spacial score (nSPS) is 17.5. The van der Waals surface area contributed by atoms with E-state index in [1.807, 2.05) is 44.0 Å². The summed E-state index contributed by atoms with van der Waals surface area (Å²) in [6, 6.07) is 10.3. The van der Waals surface area contributed by atoms with Gasteiger partial charge >= 0.3 is 6.09 Å². The van der Waals surface area contributed by atoms with E-state index in [-0.39, 0.29) is 12.1 Å². The molecule has 0 radical (unpaired) electrons. The number of benzene rings is 1. The van der Waals surface area contributed by atoms with E-state index in [0.717, 1.165) is 45.4 Å². The molecule has 1 fully saturated rings. The van der Waals surface area contributed by atoms with Crippen LogP contribution in [-0.2, 0) is 15.9 Å². The SMILES string of the molecule is CC(C)(C)OC(=O)NN1CCC(CCOC[C@H](N)Cc2ccccc2)CC1. The molecule has 0 spiro atoms. The number of carbonyl (C=O) groups excluding carboxylic acids is 1. The number of piperidine rings is 1. The van der Waals surface area contributed by atoms with Crippen LogP contribution in [0.1, 0.15) is 45.6 Å². The van der Waals surface area contributed by atoms with Crippen molar-refractivity contribution in [2.75, 3.05) is 26.3 Å². The van der Waals surface area contributed by atoms with Crippen LogP contribution in [0.4, 0.5) is 4.79 Å². The third-order valence-electron chi connectivity index (χ3n) is 4.61. The molecule has 3 N–H and O–H groups in total. The van der Waals surface area contributed by atoms with Crippen molar-refractivity contribution in [3.63, 3.8) is 0 Å². The van der Waals surface area contributed by atoms with Gasteiger partial charge in [0.2, 0.25) is 0 Å². The first-order valence-corrected chi connectivity index (χ1v) is 9.93. The van der Waals surface area contributed by atoms with Crippen LogP contribution < -0.4 is 11.2 Å². The lowest BCUT2D eigenvalue weighted by Gasteiger charge is -2.32. The van der Waals surface area contributed by atoms with Gasteiger partial charge in [0.25, 0.3) is 0 Å². The lowest BCUT2D eigenvalue weighted by Crippen LogP contribution is -2.48. The van der Waals surface area contributed by atoms with Gasteiger partial charge in [-0.3, -0.25) is 5.43 Å². The summed E-state index contributed by atoms with van der Waals surface area (Å²) in [5.74, 6) is 0.632. The number of amides is 1. The maximum atomic E-state index is 11.8. The first kappa shape index (κ1) is 21.7. The number of ether oxygens (including phenoxy) is 2. The van der Waals surface area contributed by atoms with Gasteiger partial charge in [0.05, 0.1) is 6.61 Å². The van der Waals surface area contributed by atoms with Crippen molar-refractivity contribution in [2.24, 2.45) is 11.7 Å². The molecule has 1 atom stereocenters. The Labute approximate surface area is 163 Å². The molecule has 0 saturated carbocycles. The standard InChI is InChI=1S/C21H35N3O3/c1-21(2,3)27-20(25)23-24-12-9-17(10-13-24)11-14-26-16-19(22)15-18-7-5-4-6-8-18/h4-8,17,19H,9-16,22H2,1-3H3,(H,23,25)/t19-/m1/s1. The number of carbonyl (C=O) groups is 1. The van der Waals surface area contributed by atoms with E-state index >= 15 is 0 Å². The van der Waals surface area contributed by atoms with Gasteiger partial charge in [0.1, 0.15) is 5.60 Å². The maximum absolute atomic E-state index is 11.8. The fourth-order valence-corrected chi connectivity index (χ4v) is 3.22. The summed E-state index contributed by atoms with van der Waals surface area (Å²) >= 11 is 0. The summed E-state index contributed by atoms with van der Waals surface area (Å²) in [4.78, 5) is 11.8. The lowest BCUT2D eigenvalue weighted by atomic mass is 9.95. The third kappa shape index (κ3) is 9.22. The predicted molar refractivity (Wildman–Crippen MR) is 107 cm³/mol. The smallest absolute Gasteiger partial charge is 0.422 e. The molecule has 0 bridgehead atoms. The highest BCUT2D eigenvalue weighted by Gasteiger charge is 2.23. The molecule has 6 nitrogen and oxygen atoms in total. The third-order valence-corrected chi connectivity index (χ3v) is 4.61. The summed E-state index contributed by atoms with van der Waals surface area (Å²) in [6.45, 7) is 8.62. The molecule has 1 amide bonds. The quantitative estimate of drug-likeness (QED) is 0.681. The zero-order valence-electron chi connectivity index (χ0n) is 16.9. The van der Waals surface area contributed by atoms with Gasteiger partial charge in [-0.25, -0.2) is 9.80 Å². The number of hydrazine groups is 1. The molecule has 0 unspecified atom stereocenters. The molecule has 1 heterocycles. The molecular formula is C21H35N3O3. The molecule has 27 heavy (non-hydrogen) atoms. The highest BCUT2D eigenvalue weighted by atomic mass is 16.6. The van der Waals surface area contributed by atoms with Crippen molar-refractivity contribution >= 4 is 6.09 Å². The minimum Gasteiger partial charge on any atom is -0.443 e. The van der Waals surface area contributed by atoms with Crippen LogP contribution >= 0.6 is 0 Å². The van der Waals surface area contributed by atoms with Crippen molar-refractivity contribution in [1.82, 2.24) is 10.4 Å². The Kier molecular flexibility index (Phi) is 8.54. The molecule has 1 aliphatic heterocycles. The molecule has 1 aliphatic rings. The van der Waals surface area contributed by atoms with Gasteiger partial charge < -0.3 is 15.2 Å². The molecule has 2 rings (SSSR count). The number of nitrogens with zero attached hydrogens (tertiary/aromatic N) is 1. The number of nitrogens with one attached hydrogen (secondary N) is 1. The van der Waals surface area contributed by atoms with Gasteiger partial charge in [0, 0.05) is 25.7 Å². The van der Waals surface area contributed by atoms with E-state index in [1.165, 1.54) is 5.56 Å². The zero-order chi connectivity index (χ0) is 19.7. The monoisotopic (exact) mass is 377 g/mol. The van der Waals surface area contributed by atoms with Crippen LogP contribution in [0.5, 0.6) is 0 Å². The van der Waals surface area contributed by atoms with Gasteiger partial charge in [0.15, 0.2) is 0 Å². The van der Waals surface area contributed by atoms with Crippen molar-refractivity contribution in [2.45, 2.75) is 58.1 Å². The van der Waals surface area contributed by atoms with Gasteiger partial charge in [-0.1, -0.05) is 30.3 Å². The molecule has 152 valence electrons. The van der Waals surface area contributed by atoms with E-state index in [4.69, 9.17) is 15.2 Å². The first-order valence-electron chi connectivity index (χ1n) is 9.93. The molecule has 6 heteroatoms. The summed E-state index contributed by atoms with van der Waals surface area (Å²) in [5.41, 5.74) is 9.75. The van der Waals surface area contributed by atoms with Crippen LogP contribution in [0, 0.1) is 5.92 Å². The van der Waals surface area contributed by atoms with Crippen molar-refractivity contribution in [3.05, 3.63) is 35.9 Å². The molecule has 1 saturated heterocycles. The summed E-state index contributed by atoms with van der Waals surface area (Å²) in [5, 5.41) is 1.95. The number of nitrogens with two attached hydrogens (primary N) is 1. The van der Waals surface area contributed by atoms with E-state index in [9.17, 15) is 4.79 Å². The van der Waals surface area contributed by atoms with E-state index in [2.05, 4.69) is 17.6 Å². The van der Waals surface area contributed by atoms with Crippen LogP contribution in [-0.4, -0.2) is 49.0 Å². The Balaban J connectivity index is 1.54. The average molecular weight is 378 g/mol. The summed E-state index contributed by atoms with van der Waals surface area (Å²) < 4.78 is 11.1. The lowest BCUT2D eigenvalue weighted by molar-refractivity contribution is 0.0241. The second-order valence-electron chi connectivity index (χ2n) is 8.36. The fourth-order valence-electron chi connectivity index (χ4n) is 3.22. The summed E-state index contributed by atoms with van der Waals surface area (Å²) in [7, 11) is 0. The second-order valence-corrected chi connectivity index (χ2v) is 8.36. The van der Waals surface area contributed by atoms with Gasteiger partial charge in [-0.05, 0) is 57.9 Å². The van der Waals surface area contributed by atoms with E-state index in [1.54, 1.807) is 0 Å². The maximum Gasteiger partial charge on any atom is 0.422 e. The molecular weight excluding hydrogens is 342 g/mol. The Hall–Kier alpha value is -1.63. The summed E-state index contributed by atoms with van der Waals surface area (Å²) in [6.07, 6.45) is 3.61. The number of rotatable bonds is 8. The van der Waals surface area contributed by atoms with Gasteiger partial charge in [-0.15, -0.1) is 0 Å². The molecule has 1 aromatic rings. The van der Waals surface area contributed by atoms with Crippen LogP contribution in [0.25, 0.3) is 0 Å². The van der Waals surface area contributed by atoms with E-state index in [0.29, 0.717) is 12.5 Å². The Morgan fingerprint density at radius 1 is 1.26 bits per heavy atom. The Morgan fingerprint density at radius 2 is 1.93 bits per heavy atom. The minimum atomic E-state index is -0.471. The molecule has 1 aromatic carbocycles. The Bertz CT molecular complexity index is 552.